The van der Waals surface area contributed by atoms with Crippen LogP contribution in [0.3, 0.4) is 0 Å². The Hall–Kier alpha value is 0.0400. The highest BCUT2D eigenvalue weighted by molar-refractivity contribution is 6.18. The van der Waals surface area contributed by atoms with E-state index < -0.39 is 12.8 Å². The van der Waals surface area contributed by atoms with Crippen molar-refractivity contribution in [3.05, 3.63) is 0 Å². The molecule has 0 aromatic carbocycles. The zero-order valence-electron chi connectivity index (χ0n) is 9.87. The van der Waals surface area contributed by atoms with E-state index in [1.165, 1.54) is 0 Å². The first-order valence-corrected chi connectivity index (χ1v) is 6.07. The minimum atomic E-state index is -4.22. The Balaban J connectivity index is 3.64. The SMILES string of the molecule is CCCC(C)(CCl)CCCOCC(F)(F)F. The van der Waals surface area contributed by atoms with E-state index >= 15 is 0 Å². The monoisotopic (exact) mass is 260 g/mol. The zero-order valence-corrected chi connectivity index (χ0v) is 10.6. The summed E-state index contributed by atoms with van der Waals surface area (Å²) in [6.45, 7) is 3.13. The molecule has 0 aliphatic carbocycles. The van der Waals surface area contributed by atoms with E-state index in [-0.39, 0.29) is 12.0 Å². The highest BCUT2D eigenvalue weighted by atomic mass is 35.5. The summed E-state index contributed by atoms with van der Waals surface area (Å²) >= 11 is 5.85. The van der Waals surface area contributed by atoms with Crippen LogP contribution in [0, 0.1) is 5.41 Å². The molecule has 16 heavy (non-hydrogen) atoms. The first-order valence-electron chi connectivity index (χ1n) is 5.53. The van der Waals surface area contributed by atoms with Crippen molar-refractivity contribution in [2.24, 2.45) is 5.41 Å². The van der Waals surface area contributed by atoms with Crippen LogP contribution in [0.4, 0.5) is 13.2 Å². The molecule has 0 heterocycles. The Bertz CT molecular complexity index is 185. The lowest BCUT2D eigenvalue weighted by Crippen LogP contribution is -2.21. The minimum absolute atomic E-state index is 0.0257. The quantitative estimate of drug-likeness (QED) is 0.465. The number of hydrogen-bond acceptors (Lipinski definition) is 1. The molecule has 0 aromatic heterocycles. The third kappa shape index (κ3) is 8.22. The maximum atomic E-state index is 11.8. The molecule has 0 saturated carbocycles. The van der Waals surface area contributed by atoms with Gasteiger partial charge < -0.3 is 4.74 Å². The van der Waals surface area contributed by atoms with Gasteiger partial charge in [0.2, 0.25) is 0 Å². The molecule has 0 rings (SSSR count). The molecular weight excluding hydrogens is 241 g/mol. The summed E-state index contributed by atoms with van der Waals surface area (Å²) < 4.78 is 39.8. The van der Waals surface area contributed by atoms with E-state index in [4.69, 9.17) is 11.6 Å². The van der Waals surface area contributed by atoms with Gasteiger partial charge in [-0.1, -0.05) is 20.3 Å². The van der Waals surface area contributed by atoms with Gasteiger partial charge in [-0.25, -0.2) is 0 Å². The second kappa shape index (κ2) is 7.38. The van der Waals surface area contributed by atoms with Crippen LogP contribution in [-0.4, -0.2) is 25.3 Å². The van der Waals surface area contributed by atoms with Crippen molar-refractivity contribution < 1.29 is 17.9 Å². The highest BCUT2D eigenvalue weighted by Gasteiger charge is 2.27. The third-order valence-corrected chi connectivity index (χ3v) is 3.16. The van der Waals surface area contributed by atoms with Gasteiger partial charge in [-0.15, -0.1) is 11.6 Å². The summed E-state index contributed by atoms with van der Waals surface area (Å²) in [5, 5.41) is 0. The van der Waals surface area contributed by atoms with Crippen LogP contribution >= 0.6 is 11.6 Å². The summed E-state index contributed by atoms with van der Waals surface area (Å²) in [7, 11) is 0. The predicted molar refractivity (Wildman–Crippen MR) is 59.8 cm³/mol. The van der Waals surface area contributed by atoms with E-state index in [1.54, 1.807) is 0 Å². The largest absolute Gasteiger partial charge is 0.411 e. The van der Waals surface area contributed by atoms with Crippen molar-refractivity contribution in [3.8, 4) is 0 Å². The lowest BCUT2D eigenvalue weighted by Gasteiger charge is -2.26. The van der Waals surface area contributed by atoms with E-state index in [0.717, 1.165) is 19.3 Å². The van der Waals surface area contributed by atoms with Crippen LogP contribution in [0.1, 0.15) is 39.5 Å². The van der Waals surface area contributed by atoms with E-state index in [9.17, 15) is 13.2 Å². The van der Waals surface area contributed by atoms with Crippen LogP contribution in [0.15, 0.2) is 0 Å². The molecule has 0 spiro atoms. The molecule has 0 aliphatic heterocycles. The van der Waals surface area contributed by atoms with Gasteiger partial charge in [0.05, 0.1) is 0 Å². The van der Waals surface area contributed by atoms with Crippen LogP contribution in [-0.2, 0) is 4.74 Å². The Kier molecular flexibility index (Phi) is 7.40. The lowest BCUT2D eigenvalue weighted by molar-refractivity contribution is -0.174. The van der Waals surface area contributed by atoms with Crippen LogP contribution in [0.2, 0.25) is 0 Å². The molecule has 0 aromatic rings. The van der Waals surface area contributed by atoms with Crippen molar-refractivity contribution >= 4 is 11.6 Å². The molecule has 0 aliphatic rings. The Morgan fingerprint density at radius 3 is 2.25 bits per heavy atom. The molecule has 0 bridgehead atoms. The molecule has 5 heteroatoms. The Labute approximate surface area is 100 Å². The van der Waals surface area contributed by atoms with Crippen molar-refractivity contribution in [3.63, 3.8) is 0 Å². The summed E-state index contributed by atoms with van der Waals surface area (Å²) in [5.41, 5.74) is 0.0257. The lowest BCUT2D eigenvalue weighted by atomic mass is 9.83. The van der Waals surface area contributed by atoms with Gasteiger partial charge in [0.15, 0.2) is 0 Å². The number of halogens is 4. The third-order valence-electron chi connectivity index (χ3n) is 2.51. The summed E-state index contributed by atoms with van der Waals surface area (Å²) in [5.74, 6) is 0.542. The van der Waals surface area contributed by atoms with Crippen molar-refractivity contribution in [2.75, 3.05) is 19.1 Å². The molecule has 98 valence electrons. The summed E-state index contributed by atoms with van der Waals surface area (Å²) in [6, 6.07) is 0. The average molecular weight is 261 g/mol. The molecule has 0 amide bonds. The molecule has 1 unspecified atom stereocenters. The smallest absolute Gasteiger partial charge is 0.372 e. The number of hydrogen-bond donors (Lipinski definition) is 0. The second-order valence-corrected chi connectivity index (χ2v) is 4.73. The predicted octanol–water partition coefficient (Wildman–Crippen LogP) is 4.39. The second-order valence-electron chi connectivity index (χ2n) is 4.47. The molecular formula is C11H20ClF3O. The zero-order chi connectivity index (χ0) is 12.7. The number of rotatable bonds is 8. The van der Waals surface area contributed by atoms with Gasteiger partial charge in [0.25, 0.3) is 0 Å². The van der Waals surface area contributed by atoms with E-state index in [2.05, 4.69) is 18.6 Å². The van der Waals surface area contributed by atoms with Gasteiger partial charge in [-0.05, 0) is 24.7 Å². The molecule has 0 radical (unpaired) electrons. The normalized spacial score (nSPS) is 16.1. The number of ether oxygens (including phenoxy) is 1. The van der Waals surface area contributed by atoms with Crippen molar-refractivity contribution in [1.82, 2.24) is 0 Å². The maximum Gasteiger partial charge on any atom is 0.411 e. The van der Waals surface area contributed by atoms with Gasteiger partial charge >= 0.3 is 6.18 Å². The maximum absolute atomic E-state index is 11.8. The standard InChI is InChI=1S/C11H20ClF3O/c1-3-5-10(2,8-12)6-4-7-16-9-11(13,14)15/h3-9H2,1-2H3. The van der Waals surface area contributed by atoms with Gasteiger partial charge in [0, 0.05) is 12.5 Å². The molecule has 0 saturated heterocycles. The van der Waals surface area contributed by atoms with Crippen LogP contribution < -0.4 is 0 Å². The fourth-order valence-electron chi connectivity index (χ4n) is 1.65. The first kappa shape index (κ1) is 16.0. The highest BCUT2D eigenvalue weighted by Crippen LogP contribution is 2.30. The van der Waals surface area contributed by atoms with Gasteiger partial charge in [-0.3, -0.25) is 0 Å². The molecule has 0 fully saturated rings. The fraction of sp³-hybridized carbons (Fsp3) is 1.00. The van der Waals surface area contributed by atoms with E-state index in [1.807, 2.05) is 0 Å². The van der Waals surface area contributed by atoms with Gasteiger partial charge in [-0.2, -0.15) is 13.2 Å². The van der Waals surface area contributed by atoms with Crippen LogP contribution in [0.25, 0.3) is 0 Å². The minimum Gasteiger partial charge on any atom is -0.372 e. The van der Waals surface area contributed by atoms with Crippen molar-refractivity contribution in [1.29, 1.82) is 0 Å². The average Bonchev–Trinajstić information content (AvgIpc) is 2.16. The van der Waals surface area contributed by atoms with Crippen LogP contribution in [0.5, 0.6) is 0 Å². The van der Waals surface area contributed by atoms with Gasteiger partial charge in [0.1, 0.15) is 6.61 Å². The summed E-state index contributed by atoms with van der Waals surface area (Å²) in [4.78, 5) is 0. The Morgan fingerprint density at radius 2 is 1.81 bits per heavy atom. The molecule has 1 atom stereocenters. The first-order chi connectivity index (χ1) is 7.33. The molecule has 1 nitrogen and oxygen atoms in total. The summed E-state index contributed by atoms with van der Waals surface area (Å²) in [6.07, 6.45) is -0.761. The van der Waals surface area contributed by atoms with Crippen molar-refractivity contribution in [2.45, 2.75) is 45.7 Å². The fourth-order valence-corrected chi connectivity index (χ4v) is 1.92. The Morgan fingerprint density at radius 1 is 1.19 bits per heavy atom. The van der Waals surface area contributed by atoms with E-state index in [0.29, 0.717) is 12.3 Å². The molecule has 0 N–H and O–H groups in total. The topological polar surface area (TPSA) is 9.23 Å². The number of alkyl halides is 4.